The third kappa shape index (κ3) is 7.29. The van der Waals surface area contributed by atoms with Crippen molar-refractivity contribution in [2.45, 2.75) is 26.3 Å². The van der Waals surface area contributed by atoms with Crippen molar-refractivity contribution in [1.82, 2.24) is 20.5 Å². The molecule has 0 radical (unpaired) electrons. The van der Waals surface area contributed by atoms with Gasteiger partial charge in [0.25, 0.3) is 0 Å². The number of hydrogen-bond donors (Lipinski definition) is 2. The van der Waals surface area contributed by atoms with Gasteiger partial charge in [-0.1, -0.05) is 17.7 Å². The molecule has 0 aliphatic heterocycles. The quantitative estimate of drug-likeness (QED) is 0.458. The standard InChI is InChI=1S/C15H26ClN5/c1-12(2)21(4)10-9-19-15(17-3)18-8-7-13-5-6-14(16)20-11-13/h5-6,11-12H,7-10H2,1-4H3,(H2,17,18,19). The van der Waals surface area contributed by atoms with Gasteiger partial charge in [0.1, 0.15) is 5.15 Å². The van der Waals surface area contributed by atoms with E-state index in [1.54, 1.807) is 13.2 Å². The molecule has 0 aromatic carbocycles. The zero-order valence-corrected chi connectivity index (χ0v) is 14.1. The van der Waals surface area contributed by atoms with Crippen LogP contribution in [0.2, 0.25) is 5.15 Å². The number of likely N-dealkylation sites (N-methyl/N-ethyl adjacent to an activating group) is 1. The molecule has 6 heteroatoms. The van der Waals surface area contributed by atoms with E-state index in [9.17, 15) is 0 Å². The maximum atomic E-state index is 5.76. The molecule has 1 aromatic rings. The third-order valence-corrected chi connectivity index (χ3v) is 3.58. The van der Waals surface area contributed by atoms with E-state index in [0.29, 0.717) is 11.2 Å². The largest absolute Gasteiger partial charge is 0.356 e. The van der Waals surface area contributed by atoms with Crippen molar-refractivity contribution in [3.8, 4) is 0 Å². The Kier molecular flexibility index (Phi) is 8.08. The number of aromatic nitrogens is 1. The SMILES string of the molecule is CN=C(NCCc1ccc(Cl)nc1)NCCN(C)C(C)C. The molecule has 1 rings (SSSR count). The Hall–Kier alpha value is -1.33. The van der Waals surface area contributed by atoms with E-state index in [0.717, 1.165) is 37.6 Å². The predicted octanol–water partition coefficient (Wildman–Crippen LogP) is 1.78. The fraction of sp³-hybridized carbons (Fsp3) is 0.600. The molecule has 2 N–H and O–H groups in total. The lowest BCUT2D eigenvalue weighted by molar-refractivity contribution is 0.278. The average molecular weight is 312 g/mol. The number of hydrogen-bond acceptors (Lipinski definition) is 3. The summed E-state index contributed by atoms with van der Waals surface area (Å²) < 4.78 is 0. The van der Waals surface area contributed by atoms with Crippen LogP contribution in [0.1, 0.15) is 19.4 Å². The average Bonchev–Trinajstić information content (AvgIpc) is 2.47. The Bertz CT molecular complexity index is 430. The molecule has 0 fully saturated rings. The zero-order valence-electron chi connectivity index (χ0n) is 13.4. The van der Waals surface area contributed by atoms with Gasteiger partial charge in [0.05, 0.1) is 0 Å². The van der Waals surface area contributed by atoms with E-state index in [4.69, 9.17) is 11.6 Å². The van der Waals surface area contributed by atoms with Gasteiger partial charge in [-0.15, -0.1) is 0 Å². The number of halogens is 1. The Morgan fingerprint density at radius 1 is 1.33 bits per heavy atom. The van der Waals surface area contributed by atoms with E-state index in [2.05, 4.69) is 46.4 Å². The van der Waals surface area contributed by atoms with Crippen molar-refractivity contribution in [2.24, 2.45) is 4.99 Å². The third-order valence-electron chi connectivity index (χ3n) is 3.36. The van der Waals surface area contributed by atoms with Crippen LogP contribution in [0.5, 0.6) is 0 Å². The minimum absolute atomic E-state index is 0.526. The highest BCUT2D eigenvalue weighted by molar-refractivity contribution is 6.29. The van der Waals surface area contributed by atoms with Gasteiger partial charge in [0, 0.05) is 38.9 Å². The van der Waals surface area contributed by atoms with E-state index >= 15 is 0 Å². The minimum Gasteiger partial charge on any atom is -0.356 e. The Balaban J connectivity index is 2.24. The fourth-order valence-electron chi connectivity index (χ4n) is 1.71. The van der Waals surface area contributed by atoms with Crippen LogP contribution in [-0.4, -0.2) is 55.6 Å². The number of guanidine groups is 1. The molecule has 0 unspecified atom stereocenters. The minimum atomic E-state index is 0.526. The summed E-state index contributed by atoms with van der Waals surface area (Å²) in [5.74, 6) is 0.828. The van der Waals surface area contributed by atoms with Crippen molar-refractivity contribution in [3.63, 3.8) is 0 Å². The first-order valence-corrected chi connectivity index (χ1v) is 7.66. The molecule has 118 valence electrons. The Morgan fingerprint density at radius 3 is 2.62 bits per heavy atom. The van der Waals surface area contributed by atoms with Crippen LogP contribution in [0.4, 0.5) is 0 Å². The summed E-state index contributed by atoms with van der Waals surface area (Å²) in [7, 11) is 3.90. The molecule has 0 amide bonds. The van der Waals surface area contributed by atoms with Crippen LogP contribution in [0.15, 0.2) is 23.3 Å². The van der Waals surface area contributed by atoms with Crippen LogP contribution in [0.25, 0.3) is 0 Å². The highest BCUT2D eigenvalue weighted by Crippen LogP contribution is 2.05. The summed E-state index contributed by atoms with van der Waals surface area (Å²) in [4.78, 5) is 10.6. The van der Waals surface area contributed by atoms with E-state index in [1.165, 1.54) is 0 Å². The molecule has 0 saturated heterocycles. The van der Waals surface area contributed by atoms with E-state index < -0.39 is 0 Å². The molecule has 21 heavy (non-hydrogen) atoms. The van der Waals surface area contributed by atoms with Gasteiger partial charge in [0.15, 0.2) is 5.96 Å². The zero-order chi connectivity index (χ0) is 15.7. The molecule has 0 atom stereocenters. The summed E-state index contributed by atoms with van der Waals surface area (Å²) in [5, 5.41) is 7.13. The van der Waals surface area contributed by atoms with Gasteiger partial charge >= 0.3 is 0 Å². The number of aliphatic imine (C=N–C) groups is 1. The van der Waals surface area contributed by atoms with Crippen molar-refractivity contribution < 1.29 is 0 Å². The molecule has 0 spiro atoms. The smallest absolute Gasteiger partial charge is 0.191 e. The topological polar surface area (TPSA) is 52.6 Å². The van der Waals surface area contributed by atoms with Crippen LogP contribution < -0.4 is 10.6 Å². The first-order valence-electron chi connectivity index (χ1n) is 7.28. The van der Waals surface area contributed by atoms with Gasteiger partial charge < -0.3 is 15.5 Å². The van der Waals surface area contributed by atoms with Crippen LogP contribution >= 0.6 is 11.6 Å². The van der Waals surface area contributed by atoms with Gasteiger partial charge in [-0.05, 0) is 38.9 Å². The lowest BCUT2D eigenvalue weighted by Crippen LogP contribution is -2.42. The highest BCUT2D eigenvalue weighted by Gasteiger charge is 2.03. The van der Waals surface area contributed by atoms with Crippen LogP contribution in [-0.2, 0) is 6.42 Å². The van der Waals surface area contributed by atoms with Crippen molar-refractivity contribution >= 4 is 17.6 Å². The molecule has 1 aromatic heterocycles. The monoisotopic (exact) mass is 311 g/mol. The van der Waals surface area contributed by atoms with Crippen LogP contribution in [0, 0.1) is 0 Å². The summed E-state index contributed by atoms with van der Waals surface area (Å²) in [6.45, 7) is 7.04. The summed E-state index contributed by atoms with van der Waals surface area (Å²) in [6.07, 6.45) is 2.69. The molecular weight excluding hydrogens is 286 g/mol. The van der Waals surface area contributed by atoms with Crippen molar-refractivity contribution in [1.29, 1.82) is 0 Å². The normalized spacial score (nSPS) is 12.0. The fourth-order valence-corrected chi connectivity index (χ4v) is 1.82. The number of rotatable bonds is 7. The first-order chi connectivity index (χ1) is 10.0. The van der Waals surface area contributed by atoms with Gasteiger partial charge in [-0.2, -0.15) is 0 Å². The molecule has 5 nitrogen and oxygen atoms in total. The highest BCUT2D eigenvalue weighted by atomic mass is 35.5. The maximum absolute atomic E-state index is 5.76. The second kappa shape index (κ2) is 9.58. The lowest BCUT2D eigenvalue weighted by atomic mass is 10.2. The molecule has 1 heterocycles. The van der Waals surface area contributed by atoms with E-state index in [1.807, 2.05) is 12.1 Å². The number of nitrogens with one attached hydrogen (secondary N) is 2. The Morgan fingerprint density at radius 2 is 2.05 bits per heavy atom. The van der Waals surface area contributed by atoms with Crippen molar-refractivity contribution in [3.05, 3.63) is 29.0 Å². The van der Waals surface area contributed by atoms with Gasteiger partial charge in [-0.25, -0.2) is 4.98 Å². The predicted molar refractivity (Wildman–Crippen MR) is 90.1 cm³/mol. The lowest BCUT2D eigenvalue weighted by Gasteiger charge is -2.21. The first kappa shape index (κ1) is 17.7. The molecule has 0 aliphatic rings. The van der Waals surface area contributed by atoms with Gasteiger partial charge in [-0.3, -0.25) is 4.99 Å². The summed E-state index contributed by atoms with van der Waals surface area (Å²) >= 11 is 5.76. The maximum Gasteiger partial charge on any atom is 0.191 e. The van der Waals surface area contributed by atoms with E-state index in [-0.39, 0.29) is 0 Å². The van der Waals surface area contributed by atoms with Crippen LogP contribution in [0.3, 0.4) is 0 Å². The Labute approximate surface area is 132 Å². The number of pyridine rings is 1. The van der Waals surface area contributed by atoms with Gasteiger partial charge in [0.2, 0.25) is 0 Å². The summed E-state index contributed by atoms with van der Waals surface area (Å²) in [6, 6.07) is 4.36. The number of nitrogens with zero attached hydrogens (tertiary/aromatic N) is 3. The molecule has 0 saturated carbocycles. The summed E-state index contributed by atoms with van der Waals surface area (Å²) in [5.41, 5.74) is 1.15. The molecular formula is C15H26ClN5. The molecule has 0 bridgehead atoms. The molecule has 0 aliphatic carbocycles. The second-order valence-electron chi connectivity index (χ2n) is 5.24. The second-order valence-corrected chi connectivity index (χ2v) is 5.63. The van der Waals surface area contributed by atoms with Crippen molar-refractivity contribution in [2.75, 3.05) is 33.7 Å².